The van der Waals surface area contributed by atoms with Crippen molar-refractivity contribution in [2.24, 2.45) is 5.92 Å². The number of methoxy groups -OCH3 is 1. The van der Waals surface area contributed by atoms with Crippen molar-refractivity contribution in [1.29, 1.82) is 0 Å². The smallest absolute Gasteiger partial charge is 0.183 e. The van der Waals surface area contributed by atoms with Crippen LogP contribution in [0.5, 0.6) is 0 Å². The highest BCUT2D eigenvalue weighted by atomic mass is 16.7. The quantitative estimate of drug-likeness (QED) is 0.885. The van der Waals surface area contributed by atoms with Crippen molar-refractivity contribution in [2.45, 2.75) is 45.1 Å². The lowest BCUT2D eigenvalue weighted by molar-refractivity contribution is -0.168. The van der Waals surface area contributed by atoms with Gasteiger partial charge in [0, 0.05) is 13.0 Å². The SMILES string of the molecule is CO[C@@H]1O[C@@H]([C@@H](C)OCc2ccccc2)[C@H](C)[C@H]1O. The van der Waals surface area contributed by atoms with Crippen LogP contribution in [0.1, 0.15) is 19.4 Å². The van der Waals surface area contributed by atoms with Gasteiger partial charge in [0.1, 0.15) is 6.10 Å². The first-order chi connectivity index (χ1) is 9.13. The lowest BCUT2D eigenvalue weighted by Crippen LogP contribution is -2.32. The third-order valence-electron chi connectivity index (χ3n) is 3.68. The fraction of sp³-hybridized carbons (Fsp3) is 0.600. The maximum Gasteiger partial charge on any atom is 0.183 e. The molecule has 1 aliphatic rings. The summed E-state index contributed by atoms with van der Waals surface area (Å²) in [7, 11) is 1.54. The molecule has 0 radical (unpaired) electrons. The maximum absolute atomic E-state index is 9.96. The van der Waals surface area contributed by atoms with E-state index in [2.05, 4.69) is 0 Å². The molecule has 5 atom stereocenters. The minimum absolute atomic E-state index is 0.00396. The Morgan fingerprint density at radius 1 is 1.32 bits per heavy atom. The van der Waals surface area contributed by atoms with Crippen LogP contribution in [0.15, 0.2) is 30.3 Å². The van der Waals surface area contributed by atoms with Crippen molar-refractivity contribution in [3.05, 3.63) is 35.9 Å². The molecule has 0 saturated carbocycles. The molecule has 1 N–H and O–H groups in total. The first-order valence-electron chi connectivity index (χ1n) is 6.65. The van der Waals surface area contributed by atoms with Crippen molar-refractivity contribution in [1.82, 2.24) is 0 Å². The molecule has 19 heavy (non-hydrogen) atoms. The molecule has 0 aromatic heterocycles. The highest BCUT2D eigenvalue weighted by Gasteiger charge is 2.43. The van der Waals surface area contributed by atoms with Gasteiger partial charge >= 0.3 is 0 Å². The third-order valence-corrected chi connectivity index (χ3v) is 3.68. The standard InChI is InChI=1S/C15H22O4/c1-10-13(16)15(17-3)19-14(10)11(2)18-9-12-7-5-4-6-8-12/h4-8,10-11,13-16H,9H2,1-3H3/t10-,11-,13-,14-,15-/m1/s1. The molecule has 4 heteroatoms. The van der Waals surface area contributed by atoms with Gasteiger partial charge in [0.15, 0.2) is 6.29 Å². The van der Waals surface area contributed by atoms with Gasteiger partial charge in [-0.15, -0.1) is 0 Å². The normalized spacial score (nSPS) is 32.4. The summed E-state index contributed by atoms with van der Waals surface area (Å²) in [6.07, 6.45) is -1.39. The van der Waals surface area contributed by atoms with E-state index < -0.39 is 12.4 Å². The molecule has 106 valence electrons. The van der Waals surface area contributed by atoms with Gasteiger partial charge in [-0.05, 0) is 12.5 Å². The van der Waals surface area contributed by atoms with Crippen LogP contribution in [-0.2, 0) is 20.8 Å². The highest BCUT2D eigenvalue weighted by molar-refractivity contribution is 5.13. The van der Waals surface area contributed by atoms with E-state index in [0.717, 1.165) is 5.56 Å². The molecule has 0 bridgehead atoms. The molecule has 0 spiro atoms. The molecular formula is C15H22O4. The Bertz CT molecular complexity index is 381. The van der Waals surface area contributed by atoms with E-state index in [0.29, 0.717) is 6.61 Å². The van der Waals surface area contributed by atoms with Crippen molar-refractivity contribution >= 4 is 0 Å². The summed E-state index contributed by atoms with van der Waals surface area (Å²) in [4.78, 5) is 0. The zero-order chi connectivity index (χ0) is 13.8. The zero-order valence-corrected chi connectivity index (χ0v) is 11.7. The highest BCUT2D eigenvalue weighted by Crippen LogP contribution is 2.30. The number of aliphatic hydroxyl groups is 1. The Hall–Kier alpha value is -0.940. The fourth-order valence-corrected chi connectivity index (χ4v) is 2.43. The Balaban J connectivity index is 1.88. The first kappa shape index (κ1) is 14.5. The number of benzene rings is 1. The molecule has 0 unspecified atom stereocenters. The summed E-state index contributed by atoms with van der Waals surface area (Å²) in [5, 5.41) is 9.96. The number of ether oxygens (including phenoxy) is 3. The van der Waals surface area contributed by atoms with Gasteiger partial charge in [-0.25, -0.2) is 0 Å². The van der Waals surface area contributed by atoms with Crippen LogP contribution in [-0.4, -0.2) is 36.8 Å². The molecule has 0 amide bonds. The van der Waals surface area contributed by atoms with Crippen LogP contribution in [0.3, 0.4) is 0 Å². The Labute approximate surface area is 114 Å². The van der Waals surface area contributed by atoms with Gasteiger partial charge in [0.25, 0.3) is 0 Å². The monoisotopic (exact) mass is 266 g/mol. The van der Waals surface area contributed by atoms with E-state index in [1.54, 1.807) is 7.11 Å². The van der Waals surface area contributed by atoms with Crippen LogP contribution >= 0.6 is 0 Å². The average Bonchev–Trinajstić information content (AvgIpc) is 2.73. The van der Waals surface area contributed by atoms with Crippen molar-refractivity contribution in [3.8, 4) is 0 Å². The lowest BCUT2D eigenvalue weighted by Gasteiger charge is -2.23. The molecule has 1 aromatic rings. The summed E-state index contributed by atoms with van der Waals surface area (Å²) in [5.74, 6) is -0.00396. The second kappa shape index (κ2) is 6.48. The minimum atomic E-state index is -0.599. The van der Waals surface area contributed by atoms with Crippen LogP contribution in [0, 0.1) is 5.92 Å². The Kier molecular flexibility index (Phi) is 4.93. The van der Waals surface area contributed by atoms with E-state index >= 15 is 0 Å². The van der Waals surface area contributed by atoms with Crippen molar-refractivity contribution in [3.63, 3.8) is 0 Å². The third kappa shape index (κ3) is 3.34. The largest absolute Gasteiger partial charge is 0.387 e. The van der Waals surface area contributed by atoms with Gasteiger partial charge < -0.3 is 19.3 Å². The molecular weight excluding hydrogens is 244 g/mol. The minimum Gasteiger partial charge on any atom is -0.387 e. The molecule has 1 saturated heterocycles. The van der Waals surface area contributed by atoms with Gasteiger partial charge in [-0.2, -0.15) is 0 Å². The van der Waals surface area contributed by atoms with E-state index in [1.165, 1.54) is 0 Å². The summed E-state index contributed by atoms with van der Waals surface area (Å²) in [6.45, 7) is 4.47. The summed E-state index contributed by atoms with van der Waals surface area (Å²) >= 11 is 0. The Morgan fingerprint density at radius 2 is 2.00 bits per heavy atom. The second-order valence-corrected chi connectivity index (χ2v) is 5.06. The van der Waals surface area contributed by atoms with Crippen LogP contribution in [0.4, 0.5) is 0 Å². The number of rotatable bonds is 5. The van der Waals surface area contributed by atoms with Gasteiger partial charge in [0.2, 0.25) is 0 Å². The zero-order valence-electron chi connectivity index (χ0n) is 11.7. The van der Waals surface area contributed by atoms with Crippen LogP contribution < -0.4 is 0 Å². The van der Waals surface area contributed by atoms with Crippen LogP contribution in [0.25, 0.3) is 0 Å². The second-order valence-electron chi connectivity index (χ2n) is 5.06. The predicted molar refractivity (Wildman–Crippen MR) is 71.5 cm³/mol. The molecule has 1 aromatic carbocycles. The van der Waals surface area contributed by atoms with Gasteiger partial charge in [0.05, 0.1) is 18.8 Å². The fourth-order valence-electron chi connectivity index (χ4n) is 2.43. The summed E-state index contributed by atoms with van der Waals surface area (Å²) in [5.41, 5.74) is 1.13. The van der Waals surface area contributed by atoms with Gasteiger partial charge in [-0.3, -0.25) is 0 Å². The molecule has 4 nitrogen and oxygen atoms in total. The number of aliphatic hydroxyl groups excluding tert-OH is 1. The molecule has 1 fully saturated rings. The number of hydrogen-bond donors (Lipinski definition) is 1. The topological polar surface area (TPSA) is 47.9 Å². The van der Waals surface area contributed by atoms with Crippen molar-refractivity contribution in [2.75, 3.05) is 7.11 Å². The van der Waals surface area contributed by atoms with E-state index in [9.17, 15) is 5.11 Å². The molecule has 1 aliphatic heterocycles. The molecule has 1 heterocycles. The molecule has 2 rings (SSSR count). The first-order valence-corrected chi connectivity index (χ1v) is 6.65. The van der Waals surface area contributed by atoms with E-state index in [4.69, 9.17) is 14.2 Å². The summed E-state index contributed by atoms with van der Waals surface area (Å²) < 4.78 is 16.6. The van der Waals surface area contributed by atoms with E-state index in [-0.39, 0.29) is 18.1 Å². The Morgan fingerprint density at radius 3 is 2.58 bits per heavy atom. The van der Waals surface area contributed by atoms with Gasteiger partial charge in [-0.1, -0.05) is 37.3 Å². The van der Waals surface area contributed by atoms with E-state index in [1.807, 2.05) is 44.2 Å². The van der Waals surface area contributed by atoms with Crippen LogP contribution in [0.2, 0.25) is 0 Å². The molecule has 0 aliphatic carbocycles. The van der Waals surface area contributed by atoms with Crippen molar-refractivity contribution < 1.29 is 19.3 Å². The summed E-state index contributed by atoms with van der Waals surface area (Å²) in [6, 6.07) is 10.0. The lowest BCUT2D eigenvalue weighted by atomic mass is 9.97. The average molecular weight is 266 g/mol. The predicted octanol–water partition coefficient (Wildman–Crippen LogP) is 1.96. The maximum atomic E-state index is 9.96. The number of hydrogen-bond acceptors (Lipinski definition) is 4.